The van der Waals surface area contributed by atoms with Gasteiger partial charge in [0.1, 0.15) is 5.82 Å². The zero-order valence-electron chi connectivity index (χ0n) is 26.1. The molecule has 0 atom stereocenters. The maximum absolute atomic E-state index is 14.0. The second-order valence-electron chi connectivity index (χ2n) is 12.1. The lowest BCUT2D eigenvalue weighted by Crippen LogP contribution is -2.36. The maximum Gasteiger partial charge on any atom is 0.437 e. The molecule has 6 rings (SSSR count). The number of anilines is 2. The zero-order valence-corrected chi connectivity index (χ0v) is 27.6. The lowest BCUT2D eigenvalue weighted by Gasteiger charge is -2.31. The first kappa shape index (κ1) is 33.8. The minimum Gasteiger partial charge on any atom is -0.420 e. The Kier molecular flexibility index (Phi) is 10.3. The van der Waals surface area contributed by atoms with Crippen LogP contribution in [0.15, 0.2) is 71.3 Å². The zero-order chi connectivity index (χ0) is 33.8. The molecule has 2 aliphatic rings. The van der Waals surface area contributed by atoms with Gasteiger partial charge in [0.15, 0.2) is 5.69 Å². The second kappa shape index (κ2) is 14.6. The predicted molar refractivity (Wildman–Crippen MR) is 178 cm³/mol. The van der Waals surface area contributed by atoms with Gasteiger partial charge in [-0.3, -0.25) is 9.59 Å². The first-order valence-electron chi connectivity index (χ1n) is 15.9. The first-order valence-corrected chi connectivity index (χ1v) is 16.6. The average Bonchev–Trinajstić information content (AvgIpc) is 3.41. The quantitative estimate of drug-likeness (QED) is 0.176. The van der Waals surface area contributed by atoms with Crippen molar-refractivity contribution >= 4 is 46.7 Å². The Morgan fingerprint density at radius 1 is 0.833 bits per heavy atom. The summed E-state index contributed by atoms with van der Waals surface area (Å²) in [7, 11) is 0. The molecule has 13 heteroatoms. The number of rotatable bonds is 8. The number of Topliss-reactive ketones (excluding diaryl/α,β-unsaturated/α-hetero) is 1. The minimum absolute atomic E-state index is 0.0702. The molecule has 4 aromatic rings. The molecule has 0 unspecified atom stereocenters. The van der Waals surface area contributed by atoms with Gasteiger partial charge in [-0.2, -0.15) is 18.2 Å². The van der Waals surface area contributed by atoms with Gasteiger partial charge in [0, 0.05) is 61.9 Å². The molecule has 2 aromatic carbocycles. The lowest BCUT2D eigenvalue weighted by atomic mass is 9.90. The van der Waals surface area contributed by atoms with E-state index in [0.717, 1.165) is 12.8 Å². The molecule has 2 aromatic heterocycles. The van der Waals surface area contributed by atoms with Gasteiger partial charge in [-0.25, -0.2) is 4.98 Å². The summed E-state index contributed by atoms with van der Waals surface area (Å²) in [6.45, 7) is 3.16. The highest BCUT2D eigenvalue weighted by Crippen LogP contribution is 2.37. The number of oxazole rings is 1. The van der Waals surface area contributed by atoms with Crippen LogP contribution in [-0.2, 0) is 23.8 Å². The standard InChI is InChI=1S/C35H34Cl2F3N5O3/c36-27-8-4-9-28(37)26(27)21-31(47)44-15-5-14-43(18-19-44)30-11-10-23(22-41-30)20-29(46)32-33(35(38,39)40)42-34(48-32)45-16-12-25(13-17-45)24-6-2-1-3-7-24/h1-4,6-11,22,25H,5,12-21H2. The Labute approximate surface area is 286 Å². The van der Waals surface area contributed by atoms with Crippen LogP contribution in [0.1, 0.15) is 58.1 Å². The van der Waals surface area contributed by atoms with Crippen molar-refractivity contribution in [3.05, 3.63) is 105 Å². The fourth-order valence-electron chi connectivity index (χ4n) is 6.29. The van der Waals surface area contributed by atoms with Crippen molar-refractivity contribution in [1.82, 2.24) is 14.9 Å². The predicted octanol–water partition coefficient (Wildman–Crippen LogP) is 7.49. The van der Waals surface area contributed by atoms with E-state index in [-0.39, 0.29) is 24.8 Å². The lowest BCUT2D eigenvalue weighted by molar-refractivity contribution is -0.141. The first-order chi connectivity index (χ1) is 23.1. The number of carbonyl (C=O) groups excluding carboxylic acids is 2. The number of halogens is 5. The van der Waals surface area contributed by atoms with Gasteiger partial charge in [0.2, 0.25) is 17.5 Å². The number of hydrogen-bond acceptors (Lipinski definition) is 7. The summed E-state index contributed by atoms with van der Waals surface area (Å²) in [5, 5.41) is 0.903. The van der Waals surface area contributed by atoms with Crippen molar-refractivity contribution in [2.75, 3.05) is 49.1 Å². The van der Waals surface area contributed by atoms with Gasteiger partial charge in [-0.1, -0.05) is 65.7 Å². The summed E-state index contributed by atoms with van der Waals surface area (Å²) in [6.07, 6.45) is -1.40. The molecular formula is C35H34Cl2F3N5O3. The maximum atomic E-state index is 14.0. The Morgan fingerprint density at radius 2 is 1.56 bits per heavy atom. The minimum atomic E-state index is -4.85. The molecular weight excluding hydrogens is 666 g/mol. The summed E-state index contributed by atoms with van der Waals surface area (Å²) >= 11 is 12.5. The van der Waals surface area contributed by atoms with Gasteiger partial charge >= 0.3 is 6.18 Å². The molecule has 252 valence electrons. The van der Waals surface area contributed by atoms with E-state index in [1.165, 1.54) is 11.8 Å². The topological polar surface area (TPSA) is 82.8 Å². The van der Waals surface area contributed by atoms with Crippen molar-refractivity contribution in [2.45, 2.75) is 44.2 Å². The molecule has 8 nitrogen and oxygen atoms in total. The van der Waals surface area contributed by atoms with Crippen molar-refractivity contribution in [1.29, 1.82) is 0 Å². The van der Waals surface area contributed by atoms with Gasteiger partial charge in [0.05, 0.1) is 6.42 Å². The van der Waals surface area contributed by atoms with E-state index in [0.29, 0.717) is 78.6 Å². The van der Waals surface area contributed by atoms with Crippen LogP contribution in [0.5, 0.6) is 0 Å². The summed E-state index contributed by atoms with van der Waals surface area (Å²) in [5.41, 5.74) is 0.935. The Morgan fingerprint density at radius 3 is 2.23 bits per heavy atom. The summed E-state index contributed by atoms with van der Waals surface area (Å²) < 4.78 is 47.5. The highest BCUT2D eigenvalue weighted by Gasteiger charge is 2.42. The van der Waals surface area contributed by atoms with E-state index in [4.69, 9.17) is 27.6 Å². The molecule has 0 N–H and O–H groups in total. The van der Waals surface area contributed by atoms with Gasteiger partial charge in [-0.05, 0) is 60.1 Å². The molecule has 2 fully saturated rings. The molecule has 0 aliphatic carbocycles. The van der Waals surface area contributed by atoms with Gasteiger partial charge in [0.25, 0.3) is 6.01 Å². The van der Waals surface area contributed by atoms with Crippen LogP contribution in [0.4, 0.5) is 25.0 Å². The van der Waals surface area contributed by atoms with Crippen molar-refractivity contribution in [3.63, 3.8) is 0 Å². The largest absolute Gasteiger partial charge is 0.437 e. The van der Waals surface area contributed by atoms with E-state index in [9.17, 15) is 22.8 Å². The normalized spacial score (nSPS) is 16.2. The molecule has 2 saturated heterocycles. The number of ketones is 1. The number of carbonyl (C=O) groups is 2. The molecule has 0 radical (unpaired) electrons. The number of pyridine rings is 1. The third-order valence-electron chi connectivity index (χ3n) is 8.91. The van der Waals surface area contributed by atoms with Crippen LogP contribution in [-0.4, -0.2) is 65.8 Å². The number of benzene rings is 2. The molecule has 4 heterocycles. The Balaban J connectivity index is 1.07. The monoisotopic (exact) mass is 699 g/mol. The Bertz CT molecular complexity index is 1720. The van der Waals surface area contributed by atoms with E-state index in [1.807, 2.05) is 23.1 Å². The fourth-order valence-corrected chi connectivity index (χ4v) is 6.82. The molecule has 0 saturated carbocycles. The van der Waals surface area contributed by atoms with Crippen LogP contribution in [0.2, 0.25) is 10.0 Å². The average molecular weight is 701 g/mol. The SMILES string of the molecule is O=C(Cc1ccc(N2CCCN(C(=O)Cc3c(Cl)cccc3Cl)CC2)nc1)c1oc(N2CCC(c3ccccc3)CC2)nc1C(F)(F)F. The Hall–Kier alpha value is -4.09. The van der Waals surface area contributed by atoms with E-state index in [1.54, 1.807) is 40.1 Å². The number of amides is 1. The van der Waals surface area contributed by atoms with E-state index in [2.05, 4.69) is 22.1 Å². The number of piperidine rings is 1. The fraction of sp³-hybridized carbons (Fsp3) is 0.371. The molecule has 2 aliphatic heterocycles. The van der Waals surface area contributed by atoms with Crippen molar-refractivity contribution < 1.29 is 27.2 Å². The summed E-state index contributed by atoms with van der Waals surface area (Å²) in [4.78, 5) is 39.9. The summed E-state index contributed by atoms with van der Waals surface area (Å²) in [6, 6.07) is 18.4. The van der Waals surface area contributed by atoms with E-state index >= 15 is 0 Å². The number of aromatic nitrogens is 2. The number of alkyl halides is 3. The third-order valence-corrected chi connectivity index (χ3v) is 9.62. The van der Waals surface area contributed by atoms with Crippen LogP contribution in [0, 0.1) is 0 Å². The van der Waals surface area contributed by atoms with Crippen molar-refractivity contribution in [3.8, 4) is 0 Å². The second-order valence-corrected chi connectivity index (χ2v) is 12.9. The van der Waals surface area contributed by atoms with Crippen LogP contribution in [0.25, 0.3) is 0 Å². The van der Waals surface area contributed by atoms with Gasteiger partial charge in [-0.15, -0.1) is 0 Å². The highest BCUT2D eigenvalue weighted by molar-refractivity contribution is 6.36. The van der Waals surface area contributed by atoms with E-state index < -0.39 is 23.4 Å². The van der Waals surface area contributed by atoms with Crippen LogP contribution >= 0.6 is 23.2 Å². The number of hydrogen-bond donors (Lipinski definition) is 0. The number of nitrogens with zero attached hydrogens (tertiary/aromatic N) is 5. The van der Waals surface area contributed by atoms with Crippen LogP contribution in [0.3, 0.4) is 0 Å². The summed E-state index contributed by atoms with van der Waals surface area (Å²) in [5.74, 6) is -0.740. The molecule has 0 bridgehead atoms. The molecule has 0 spiro atoms. The third kappa shape index (κ3) is 7.79. The molecule has 48 heavy (non-hydrogen) atoms. The van der Waals surface area contributed by atoms with Crippen molar-refractivity contribution in [2.24, 2.45) is 0 Å². The van der Waals surface area contributed by atoms with Gasteiger partial charge < -0.3 is 19.1 Å². The van der Waals surface area contributed by atoms with Crippen LogP contribution < -0.4 is 9.80 Å². The smallest absolute Gasteiger partial charge is 0.420 e. The molecule has 1 amide bonds. The highest BCUT2D eigenvalue weighted by atomic mass is 35.5.